The molecule has 1 aliphatic rings. The molecule has 2 N–H and O–H groups in total. The van der Waals surface area contributed by atoms with Gasteiger partial charge in [0.1, 0.15) is 0 Å². The van der Waals surface area contributed by atoms with Crippen molar-refractivity contribution in [3.8, 4) is 0 Å². The molecule has 1 saturated heterocycles. The van der Waals surface area contributed by atoms with Gasteiger partial charge < -0.3 is 15.3 Å². The van der Waals surface area contributed by atoms with E-state index in [4.69, 9.17) is 0 Å². The second-order valence-electron chi connectivity index (χ2n) is 5.84. The summed E-state index contributed by atoms with van der Waals surface area (Å²) in [6.07, 6.45) is 4.79. The van der Waals surface area contributed by atoms with Crippen LogP contribution in [0.1, 0.15) is 28.8 Å². The Balaban J connectivity index is 1.66. The minimum absolute atomic E-state index is 0.0197. The average molecular weight is 311 g/mol. The van der Waals surface area contributed by atoms with Crippen molar-refractivity contribution in [2.75, 3.05) is 18.4 Å². The van der Waals surface area contributed by atoms with Crippen LogP contribution in [0, 0.1) is 0 Å². The van der Waals surface area contributed by atoms with Gasteiger partial charge in [0.2, 0.25) is 0 Å². The van der Waals surface area contributed by atoms with Crippen molar-refractivity contribution in [2.24, 2.45) is 0 Å². The number of benzene rings is 1. The van der Waals surface area contributed by atoms with Crippen molar-refractivity contribution >= 4 is 11.6 Å². The molecule has 0 aliphatic carbocycles. The summed E-state index contributed by atoms with van der Waals surface area (Å²) in [4.78, 5) is 18.4. The molecule has 2 heterocycles. The van der Waals surface area contributed by atoms with Gasteiger partial charge in [0.15, 0.2) is 0 Å². The molecule has 1 unspecified atom stereocenters. The van der Waals surface area contributed by atoms with Gasteiger partial charge in [0.05, 0.1) is 6.10 Å². The number of hydrogen-bond acceptors (Lipinski definition) is 4. The van der Waals surface area contributed by atoms with Gasteiger partial charge in [-0.15, -0.1) is 0 Å². The highest BCUT2D eigenvalue weighted by atomic mass is 16.3. The van der Waals surface area contributed by atoms with Crippen molar-refractivity contribution in [3.05, 3.63) is 59.9 Å². The van der Waals surface area contributed by atoms with Crippen molar-refractivity contribution in [1.82, 2.24) is 9.88 Å². The smallest absolute Gasteiger partial charge is 0.254 e. The maximum absolute atomic E-state index is 12.5. The summed E-state index contributed by atoms with van der Waals surface area (Å²) in [5.74, 6) is -0.0197. The average Bonchev–Trinajstić information content (AvgIpc) is 2.60. The summed E-state index contributed by atoms with van der Waals surface area (Å²) in [6, 6.07) is 11.4. The number of carbonyl (C=O) groups excluding carboxylic acids is 1. The number of nitrogens with one attached hydrogen (secondary N) is 1. The molecule has 0 saturated carbocycles. The number of hydrogen-bond donors (Lipinski definition) is 2. The van der Waals surface area contributed by atoms with Crippen LogP contribution in [0.5, 0.6) is 0 Å². The van der Waals surface area contributed by atoms with E-state index in [0.717, 1.165) is 24.1 Å². The van der Waals surface area contributed by atoms with E-state index in [1.54, 1.807) is 11.1 Å². The molecule has 1 atom stereocenters. The van der Waals surface area contributed by atoms with Gasteiger partial charge in [-0.1, -0.05) is 12.1 Å². The maximum atomic E-state index is 12.5. The Bertz CT molecular complexity index is 660. The Morgan fingerprint density at radius 2 is 2.26 bits per heavy atom. The van der Waals surface area contributed by atoms with Crippen LogP contribution in [0.15, 0.2) is 48.8 Å². The number of anilines is 1. The molecular formula is C18H21N3O2. The number of β-amino-alcohol motifs (C(OH)–C–C–N with tert-alkyl or cyclic N) is 1. The standard InChI is InChI=1S/C18H21N3O2/c22-17-7-3-9-21(13-17)18(23)15-5-1-6-16(10-15)20-12-14-4-2-8-19-11-14/h1-2,4-6,8,10-11,17,20,22H,3,7,9,12-13H2. The third-order valence-corrected chi connectivity index (χ3v) is 4.01. The number of aliphatic hydroxyl groups is 1. The molecule has 5 nitrogen and oxygen atoms in total. The van der Waals surface area contributed by atoms with Crippen LogP contribution in [0.3, 0.4) is 0 Å². The predicted octanol–water partition coefficient (Wildman–Crippen LogP) is 2.29. The highest BCUT2D eigenvalue weighted by molar-refractivity contribution is 5.95. The largest absolute Gasteiger partial charge is 0.391 e. The molecule has 1 aliphatic heterocycles. The van der Waals surface area contributed by atoms with Crippen molar-refractivity contribution in [2.45, 2.75) is 25.5 Å². The Kier molecular flexibility index (Phi) is 4.88. The number of rotatable bonds is 4. The zero-order valence-electron chi connectivity index (χ0n) is 13.0. The first-order chi connectivity index (χ1) is 11.2. The first kappa shape index (κ1) is 15.5. The number of pyridine rings is 1. The topological polar surface area (TPSA) is 65.5 Å². The predicted molar refractivity (Wildman–Crippen MR) is 89.2 cm³/mol. The molecule has 5 heteroatoms. The van der Waals surface area contributed by atoms with Crippen LogP contribution >= 0.6 is 0 Å². The Labute approximate surface area is 136 Å². The molecule has 1 amide bonds. The fourth-order valence-electron chi connectivity index (χ4n) is 2.79. The maximum Gasteiger partial charge on any atom is 0.254 e. The molecule has 23 heavy (non-hydrogen) atoms. The number of aromatic nitrogens is 1. The molecular weight excluding hydrogens is 290 g/mol. The van der Waals surface area contributed by atoms with E-state index >= 15 is 0 Å². The van der Waals surface area contributed by atoms with E-state index in [9.17, 15) is 9.90 Å². The third-order valence-electron chi connectivity index (χ3n) is 4.01. The summed E-state index contributed by atoms with van der Waals surface area (Å²) in [6.45, 7) is 1.79. The molecule has 0 bridgehead atoms. The van der Waals surface area contributed by atoms with Gasteiger partial charge in [-0.2, -0.15) is 0 Å². The minimum Gasteiger partial charge on any atom is -0.391 e. The fraction of sp³-hybridized carbons (Fsp3) is 0.333. The van der Waals surface area contributed by atoms with Gasteiger partial charge in [0, 0.05) is 43.3 Å². The number of piperidine rings is 1. The van der Waals surface area contributed by atoms with Gasteiger partial charge >= 0.3 is 0 Å². The Hall–Kier alpha value is -2.40. The number of aliphatic hydroxyl groups excluding tert-OH is 1. The number of amides is 1. The first-order valence-corrected chi connectivity index (χ1v) is 7.92. The molecule has 1 fully saturated rings. The summed E-state index contributed by atoms with van der Waals surface area (Å²) in [7, 11) is 0. The number of nitrogens with zero attached hydrogens (tertiary/aromatic N) is 2. The lowest BCUT2D eigenvalue weighted by atomic mass is 10.1. The van der Waals surface area contributed by atoms with E-state index in [1.807, 2.05) is 42.6 Å². The third kappa shape index (κ3) is 4.07. The van der Waals surface area contributed by atoms with Crippen molar-refractivity contribution in [1.29, 1.82) is 0 Å². The van der Waals surface area contributed by atoms with E-state index in [1.165, 1.54) is 0 Å². The van der Waals surface area contributed by atoms with Crippen molar-refractivity contribution < 1.29 is 9.90 Å². The summed E-state index contributed by atoms with van der Waals surface area (Å²) in [5.41, 5.74) is 2.64. The van der Waals surface area contributed by atoms with Gasteiger partial charge in [-0.25, -0.2) is 0 Å². The molecule has 3 rings (SSSR count). The van der Waals surface area contributed by atoms with Gasteiger partial charge in [-0.05, 0) is 42.7 Å². The number of likely N-dealkylation sites (tertiary alicyclic amines) is 1. The van der Waals surface area contributed by atoms with Crippen molar-refractivity contribution in [3.63, 3.8) is 0 Å². The van der Waals surface area contributed by atoms with Crippen LogP contribution in [-0.2, 0) is 6.54 Å². The normalized spacial score (nSPS) is 17.8. The molecule has 2 aromatic rings. The summed E-state index contributed by atoms with van der Waals surface area (Å²) in [5, 5.41) is 13.0. The lowest BCUT2D eigenvalue weighted by molar-refractivity contribution is 0.0474. The zero-order valence-corrected chi connectivity index (χ0v) is 13.0. The molecule has 1 aromatic carbocycles. The second-order valence-corrected chi connectivity index (χ2v) is 5.84. The molecule has 0 spiro atoms. The quantitative estimate of drug-likeness (QED) is 0.909. The summed E-state index contributed by atoms with van der Waals surface area (Å²) >= 11 is 0. The Morgan fingerprint density at radius 3 is 3.04 bits per heavy atom. The number of carbonyl (C=O) groups is 1. The highest BCUT2D eigenvalue weighted by Crippen LogP contribution is 2.17. The second kappa shape index (κ2) is 7.24. The molecule has 0 radical (unpaired) electrons. The lowest BCUT2D eigenvalue weighted by Crippen LogP contribution is -2.42. The first-order valence-electron chi connectivity index (χ1n) is 7.92. The van der Waals surface area contributed by atoms with Crippen LogP contribution < -0.4 is 5.32 Å². The molecule has 120 valence electrons. The van der Waals surface area contributed by atoms with Crippen LogP contribution in [0.25, 0.3) is 0 Å². The van der Waals surface area contributed by atoms with Crippen LogP contribution in [-0.4, -0.2) is 40.1 Å². The van der Waals surface area contributed by atoms with Gasteiger partial charge in [-0.3, -0.25) is 9.78 Å². The fourth-order valence-corrected chi connectivity index (χ4v) is 2.79. The lowest BCUT2D eigenvalue weighted by Gasteiger charge is -2.30. The van der Waals surface area contributed by atoms with Crippen LogP contribution in [0.2, 0.25) is 0 Å². The SMILES string of the molecule is O=C(c1cccc(NCc2cccnc2)c1)N1CCCC(O)C1. The summed E-state index contributed by atoms with van der Waals surface area (Å²) < 4.78 is 0. The monoisotopic (exact) mass is 311 g/mol. The van der Waals surface area contributed by atoms with E-state index in [2.05, 4.69) is 10.3 Å². The van der Waals surface area contributed by atoms with E-state index < -0.39 is 6.10 Å². The zero-order chi connectivity index (χ0) is 16.1. The van der Waals surface area contributed by atoms with E-state index in [0.29, 0.717) is 25.2 Å². The van der Waals surface area contributed by atoms with E-state index in [-0.39, 0.29) is 5.91 Å². The van der Waals surface area contributed by atoms with Gasteiger partial charge in [0.25, 0.3) is 5.91 Å². The Morgan fingerprint density at radius 1 is 1.35 bits per heavy atom. The molecule has 1 aromatic heterocycles. The highest BCUT2D eigenvalue weighted by Gasteiger charge is 2.23. The minimum atomic E-state index is -0.403. The van der Waals surface area contributed by atoms with Crippen LogP contribution in [0.4, 0.5) is 5.69 Å².